The summed E-state index contributed by atoms with van der Waals surface area (Å²) in [5, 5.41) is 10.5. The van der Waals surface area contributed by atoms with Crippen LogP contribution >= 0.6 is 27.5 Å². The van der Waals surface area contributed by atoms with Crippen LogP contribution in [0, 0.1) is 0 Å². The molecule has 0 bridgehead atoms. The standard InChI is InChI=1S/C14H13BrClNO2/c15-10-1-4-12(17-8-10)7-13(18)9-19-14-5-2-11(16)3-6-14/h1-6,8,13,18H,7,9H2. The Bertz CT molecular complexity index is 516. The van der Waals surface area contributed by atoms with Gasteiger partial charge in [-0.05, 0) is 52.3 Å². The molecule has 0 aliphatic heterocycles. The highest BCUT2D eigenvalue weighted by atomic mass is 79.9. The van der Waals surface area contributed by atoms with Gasteiger partial charge in [-0.15, -0.1) is 0 Å². The van der Waals surface area contributed by atoms with Crippen molar-refractivity contribution in [2.45, 2.75) is 12.5 Å². The van der Waals surface area contributed by atoms with E-state index >= 15 is 0 Å². The van der Waals surface area contributed by atoms with Crippen LogP contribution in [0.15, 0.2) is 47.1 Å². The van der Waals surface area contributed by atoms with Crippen LogP contribution < -0.4 is 4.74 Å². The first kappa shape index (κ1) is 14.3. The molecule has 0 fully saturated rings. The number of hydrogen-bond acceptors (Lipinski definition) is 3. The summed E-state index contributed by atoms with van der Waals surface area (Å²) in [6, 6.07) is 10.8. The van der Waals surface area contributed by atoms with Crippen molar-refractivity contribution >= 4 is 27.5 Å². The Balaban J connectivity index is 1.82. The molecule has 1 unspecified atom stereocenters. The van der Waals surface area contributed by atoms with Crippen LogP contribution in [-0.4, -0.2) is 22.8 Å². The highest BCUT2D eigenvalue weighted by Crippen LogP contribution is 2.16. The van der Waals surface area contributed by atoms with E-state index in [1.54, 1.807) is 30.5 Å². The van der Waals surface area contributed by atoms with Gasteiger partial charge in [0.25, 0.3) is 0 Å². The lowest BCUT2D eigenvalue weighted by molar-refractivity contribution is 0.107. The number of halogens is 2. The Hall–Kier alpha value is -1.10. The minimum Gasteiger partial charge on any atom is -0.491 e. The number of rotatable bonds is 5. The van der Waals surface area contributed by atoms with E-state index in [0.717, 1.165) is 10.2 Å². The van der Waals surface area contributed by atoms with Crippen molar-refractivity contribution in [1.29, 1.82) is 0 Å². The van der Waals surface area contributed by atoms with Gasteiger partial charge in [0, 0.05) is 27.8 Å². The summed E-state index contributed by atoms with van der Waals surface area (Å²) in [4.78, 5) is 4.20. The van der Waals surface area contributed by atoms with E-state index in [2.05, 4.69) is 20.9 Å². The SMILES string of the molecule is OC(COc1ccc(Cl)cc1)Cc1ccc(Br)cn1. The highest BCUT2D eigenvalue weighted by molar-refractivity contribution is 9.10. The van der Waals surface area contributed by atoms with Crippen LogP contribution in [0.3, 0.4) is 0 Å². The van der Waals surface area contributed by atoms with E-state index in [1.165, 1.54) is 0 Å². The molecule has 1 aromatic heterocycles. The van der Waals surface area contributed by atoms with Gasteiger partial charge >= 0.3 is 0 Å². The zero-order chi connectivity index (χ0) is 13.7. The smallest absolute Gasteiger partial charge is 0.119 e. The Morgan fingerprint density at radius 1 is 1.21 bits per heavy atom. The van der Waals surface area contributed by atoms with E-state index in [-0.39, 0.29) is 6.61 Å². The molecule has 0 spiro atoms. The lowest BCUT2D eigenvalue weighted by Crippen LogP contribution is -2.20. The van der Waals surface area contributed by atoms with Gasteiger partial charge in [-0.25, -0.2) is 0 Å². The van der Waals surface area contributed by atoms with E-state index in [4.69, 9.17) is 16.3 Å². The second-order valence-electron chi connectivity index (χ2n) is 4.09. The first-order valence-corrected chi connectivity index (χ1v) is 6.97. The maximum Gasteiger partial charge on any atom is 0.119 e. The molecule has 2 aromatic rings. The molecule has 0 aliphatic carbocycles. The summed E-state index contributed by atoms with van der Waals surface area (Å²) in [5.74, 6) is 0.687. The lowest BCUT2D eigenvalue weighted by atomic mass is 10.2. The molecule has 0 saturated carbocycles. The molecule has 1 N–H and O–H groups in total. The molecule has 1 aromatic carbocycles. The molecule has 0 radical (unpaired) electrons. The molecule has 0 saturated heterocycles. The molecule has 5 heteroatoms. The zero-order valence-corrected chi connectivity index (χ0v) is 12.4. The van der Waals surface area contributed by atoms with Gasteiger partial charge in [-0.3, -0.25) is 4.98 Å². The fourth-order valence-corrected chi connectivity index (χ4v) is 1.91. The quantitative estimate of drug-likeness (QED) is 0.904. The van der Waals surface area contributed by atoms with Gasteiger partial charge in [0.2, 0.25) is 0 Å². The maximum atomic E-state index is 9.89. The third-order valence-corrected chi connectivity index (χ3v) is 3.21. The summed E-state index contributed by atoms with van der Waals surface area (Å²) in [6.07, 6.45) is 1.58. The lowest BCUT2D eigenvalue weighted by Gasteiger charge is -2.12. The monoisotopic (exact) mass is 341 g/mol. The van der Waals surface area contributed by atoms with Crippen molar-refractivity contribution in [3.8, 4) is 5.75 Å². The number of nitrogens with zero attached hydrogens (tertiary/aromatic N) is 1. The second kappa shape index (κ2) is 6.89. The van der Waals surface area contributed by atoms with Crippen LogP contribution in [0.1, 0.15) is 5.69 Å². The molecule has 0 aliphatic rings. The van der Waals surface area contributed by atoms with Crippen LogP contribution in [-0.2, 0) is 6.42 Å². The normalized spacial score (nSPS) is 12.2. The van der Waals surface area contributed by atoms with Crippen LogP contribution in [0.5, 0.6) is 5.75 Å². The minimum atomic E-state index is -0.593. The second-order valence-corrected chi connectivity index (χ2v) is 5.44. The van der Waals surface area contributed by atoms with Crippen LogP contribution in [0.2, 0.25) is 5.02 Å². The van der Waals surface area contributed by atoms with Crippen molar-refractivity contribution in [2.75, 3.05) is 6.61 Å². The van der Waals surface area contributed by atoms with Gasteiger partial charge in [-0.2, -0.15) is 0 Å². The third-order valence-electron chi connectivity index (χ3n) is 2.49. The minimum absolute atomic E-state index is 0.222. The molecule has 0 amide bonds. The van der Waals surface area contributed by atoms with Gasteiger partial charge in [-0.1, -0.05) is 11.6 Å². The average Bonchev–Trinajstić information content (AvgIpc) is 2.41. The largest absolute Gasteiger partial charge is 0.491 e. The van der Waals surface area contributed by atoms with Gasteiger partial charge < -0.3 is 9.84 Å². The summed E-state index contributed by atoms with van der Waals surface area (Å²) in [6.45, 7) is 0.222. The van der Waals surface area contributed by atoms with Gasteiger partial charge in [0.05, 0.1) is 6.10 Å². The number of aliphatic hydroxyl groups is 1. The predicted octanol–water partition coefficient (Wildman–Crippen LogP) is 3.48. The molecular formula is C14H13BrClNO2. The van der Waals surface area contributed by atoms with Crippen molar-refractivity contribution in [3.63, 3.8) is 0 Å². The summed E-state index contributed by atoms with van der Waals surface area (Å²) in [5.41, 5.74) is 0.829. The fourth-order valence-electron chi connectivity index (χ4n) is 1.55. The maximum absolute atomic E-state index is 9.89. The molecule has 3 nitrogen and oxygen atoms in total. The topological polar surface area (TPSA) is 42.4 Å². The van der Waals surface area contributed by atoms with Crippen molar-refractivity contribution in [2.24, 2.45) is 0 Å². The van der Waals surface area contributed by atoms with E-state index in [0.29, 0.717) is 17.2 Å². The molecule has 1 atom stereocenters. The number of pyridine rings is 1. The molecule has 2 rings (SSSR count). The van der Waals surface area contributed by atoms with Crippen LogP contribution in [0.4, 0.5) is 0 Å². The molecule has 100 valence electrons. The number of aliphatic hydroxyl groups excluding tert-OH is 1. The summed E-state index contributed by atoms with van der Waals surface area (Å²) in [7, 11) is 0. The van der Waals surface area contributed by atoms with Crippen LogP contribution in [0.25, 0.3) is 0 Å². The third kappa shape index (κ3) is 4.82. The highest BCUT2D eigenvalue weighted by Gasteiger charge is 2.07. The van der Waals surface area contributed by atoms with E-state index in [1.807, 2.05) is 12.1 Å². The van der Waals surface area contributed by atoms with Gasteiger partial charge in [0.1, 0.15) is 12.4 Å². The fraction of sp³-hybridized carbons (Fsp3) is 0.214. The van der Waals surface area contributed by atoms with Gasteiger partial charge in [0.15, 0.2) is 0 Å². The Kier molecular flexibility index (Phi) is 5.19. The Labute approximate surface area is 125 Å². The number of ether oxygens (including phenoxy) is 1. The molecular weight excluding hydrogens is 330 g/mol. The molecule has 1 heterocycles. The van der Waals surface area contributed by atoms with Crippen molar-refractivity contribution in [3.05, 3.63) is 57.8 Å². The first-order valence-electron chi connectivity index (χ1n) is 5.80. The van der Waals surface area contributed by atoms with Crippen molar-refractivity contribution in [1.82, 2.24) is 4.98 Å². The average molecular weight is 343 g/mol. The van der Waals surface area contributed by atoms with E-state index in [9.17, 15) is 5.11 Å². The number of aromatic nitrogens is 1. The number of benzene rings is 1. The first-order chi connectivity index (χ1) is 9.13. The van der Waals surface area contributed by atoms with E-state index < -0.39 is 6.10 Å². The summed E-state index contributed by atoms with van der Waals surface area (Å²) >= 11 is 9.10. The zero-order valence-electron chi connectivity index (χ0n) is 10.1. The Morgan fingerprint density at radius 2 is 1.95 bits per heavy atom. The predicted molar refractivity (Wildman–Crippen MR) is 78.6 cm³/mol. The summed E-state index contributed by atoms with van der Waals surface area (Å²) < 4.78 is 6.39. The van der Waals surface area contributed by atoms with Crippen molar-refractivity contribution < 1.29 is 9.84 Å². The Morgan fingerprint density at radius 3 is 2.58 bits per heavy atom. The molecule has 19 heavy (non-hydrogen) atoms. The number of hydrogen-bond donors (Lipinski definition) is 1.